The Labute approximate surface area is 494 Å². The molecule has 10 rings (SSSR count). The zero-order valence-corrected chi connectivity index (χ0v) is 49.8. The average Bonchev–Trinajstić information content (AvgIpc) is 0.691. The maximum absolute atomic E-state index is 15.7. The van der Waals surface area contributed by atoms with Gasteiger partial charge in [-0.05, 0) is 116 Å². The molecule has 0 aromatic heterocycles. The number of carbonyl (C=O) groups excluding carboxylic acids is 1. The van der Waals surface area contributed by atoms with Crippen molar-refractivity contribution < 1.29 is 129 Å². The van der Waals surface area contributed by atoms with Gasteiger partial charge in [-0.2, -0.15) is 0 Å². The predicted molar refractivity (Wildman–Crippen MR) is 288 cm³/mol. The van der Waals surface area contributed by atoms with Crippen LogP contribution in [0.2, 0.25) is 0 Å². The highest BCUT2D eigenvalue weighted by atomic mass is 16.8. The Bertz CT molecular complexity index is 2360. The van der Waals surface area contributed by atoms with Crippen molar-refractivity contribution in [2.24, 2.45) is 50.2 Å². The van der Waals surface area contributed by atoms with Gasteiger partial charge in [-0.25, -0.2) is 0 Å². The Morgan fingerprint density at radius 2 is 1.05 bits per heavy atom. The molecule has 10 aliphatic rings. The van der Waals surface area contributed by atoms with Crippen molar-refractivity contribution in [1.29, 1.82) is 0 Å². The predicted octanol–water partition coefficient (Wildman–Crippen LogP) is -2.54. The third-order valence-electron chi connectivity index (χ3n) is 23.1. The van der Waals surface area contributed by atoms with Gasteiger partial charge >= 0.3 is 5.97 Å². The number of allylic oxidation sites excluding steroid dienone is 2. The van der Waals surface area contributed by atoms with Gasteiger partial charge in [0.1, 0.15) is 104 Å². The fourth-order valence-corrected chi connectivity index (χ4v) is 17.6. The van der Waals surface area contributed by atoms with E-state index in [4.69, 9.17) is 47.4 Å². The monoisotopic (exact) mass is 1220 g/mol. The lowest BCUT2D eigenvalue weighted by Crippen LogP contribution is -2.67. The Morgan fingerprint density at radius 1 is 0.529 bits per heavy atom. The normalized spacial score (nSPS) is 54.1. The highest BCUT2D eigenvalue weighted by Gasteiger charge is 2.70. The topological polar surface area (TPSA) is 413 Å². The second kappa shape index (κ2) is 24.4. The quantitative estimate of drug-likeness (QED) is 0.0513. The van der Waals surface area contributed by atoms with E-state index in [1.807, 2.05) is 0 Å². The van der Waals surface area contributed by atoms with Crippen LogP contribution in [0.4, 0.5) is 0 Å². The Kier molecular flexibility index (Phi) is 19.0. The SMILES string of the molecule is CC1OC(OC2C(OC(=O)C34CCC(C)(C)CC3C3=CCC5C6(C)CCC(OC7OC(CO)C(O)C(O)C7O)C(C)(C)C6CCC5(C)C3(C)CC4)OCC(OC3OC(CO)C(O)C(O)C3O)C2O)C(O)C(OC2OC(CO)C(O)C(O)C2O)C1O. The van der Waals surface area contributed by atoms with Crippen molar-refractivity contribution in [3.8, 4) is 0 Å². The summed E-state index contributed by atoms with van der Waals surface area (Å²) >= 11 is 0. The largest absolute Gasteiger partial charge is 0.432 e. The molecule has 4 saturated carbocycles. The molecule has 0 radical (unpaired) electrons. The number of ether oxygens (including phenoxy) is 10. The van der Waals surface area contributed by atoms with E-state index in [2.05, 4.69) is 54.5 Å². The first-order valence-corrected chi connectivity index (χ1v) is 30.6. The highest BCUT2D eigenvalue weighted by molar-refractivity contribution is 5.79. The molecule has 26 nitrogen and oxygen atoms in total. The molecule has 0 aromatic rings. The third kappa shape index (κ3) is 11.1. The molecule has 32 atom stereocenters. The molecule has 15 N–H and O–H groups in total. The van der Waals surface area contributed by atoms with Crippen molar-refractivity contribution in [3.63, 3.8) is 0 Å². The van der Waals surface area contributed by atoms with Crippen molar-refractivity contribution in [1.82, 2.24) is 0 Å². The van der Waals surface area contributed by atoms with E-state index in [1.165, 1.54) is 12.5 Å². The number of aliphatic hydroxyl groups is 15. The molecule has 488 valence electrons. The van der Waals surface area contributed by atoms with E-state index < -0.39 is 191 Å². The van der Waals surface area contributed by atoms with Gasteiger partial charge in [0.15, 0.2) is 31.3 Å². The molecule has 26 heteroatoms. The summed E-state index contributed by atoms with van der Waals surface area (Å²) in [5.41, 5.74) is -1.30. The van der Waals surface area contributed by atoms with Gasteiger partial charge in [0, 0.05) is 0 Å². The van der Waals surface area contributed by atoms with Crippen LogP contribution >= 0.6 is 0 Å². The molecule has 32 unspecified atom stereocenters. The number of carbonyl (C=O) groups is 1. The molecule has 9 fully saturated rings. The van der Waals surface area contributed by atoms with Gasteiger partial charge in [0.25, 0.3) is 0 Å². The second-order valence-corrected chi connectivity index (χ2v) is 28.6. The van der Waals surface area contributed by atoms with Gasteiger partial charge in [-0.15, -0.1) is 0 Å². The minimum absolute atomic E-state index is 0.170. The lowest BCUT2D eigenvalue weighted by Gasteiger charge is -2.71. The summed E-state index contributed by atoms with van der Waals surface area (Å²) in [5, 5.41) is 161. The number of fused-ring (bicyclic) bond motifs is 7. The van der Waals surface area contributed by atoms with E-state index >= 15 is 4.79 Å². The summed E-state index contributed by atoms with van der Waals surface area (Å²) in [4.78, 5) is 15.7. The lowest BCUT2D eigenvalue weighted by atomic mass is 9.33. The fraction of sp³-hybridized carbons (Fsp3) is 0.949. The highest BCUT2D eigenvalue weighted by Crippen LogP contribution is 2.76. The van der Waals surface area contributed by atoms with E-state index in [0.29, 0.717) is 38.5 Å². The van der Waals surface area contributed by atoms with Crippen LogP contribution in [0.1, 0.15) is 120 Å². The fourth-order valence-electron chi connectivity index (χ4n) is 17.6. The molecule has 5 aliphatic heterocycles. The molecule has 5 heterocycles. The van der Waals surface area contributed by atoms with Crippen LogP contribution < -0.4 is 0 Å². The molecule has 0 bridgehead atoms. The van der Waals surface area contributed by atoms with Crippen LogP contribution in [-0.4, -0.2) is 263 Å². The summed E-state index contributed by atoms with van der Waals surface area (Å²) in [7, 11) is 0. The van der Waals surface area contributed by atoms with E-state index in [9.17, 15) is 76.6 Å². The molecule has 0 spiro atoms. The van der Waals surface area contributed by atoms with Crippen molar-refractivity contribution in [2.75, 3.05) is 26.4 Å². The van der Waals surface area contributed by atoms with Gasteiger partial charge in [0.2, 0.25) is 6.29 Å². The van der Waals surface area contributed by atoms with Crippen molar-refractivity contribution in [2.45, 2.75) is 273 Å². The Morgan fingerprint density at radius 3 is 1.61 bits per heavy atom. The molecular weight excluding hydrogens is 1120 g/mol. The minimum Gasteiger partial charge on any atom is -0.432 e. The summed E-state index contributed by atoms with van der Waals surface area (Å²) < 4.78 is 60.5. The van der Waals surface area contributed by atoms with E-state index in [0.717, 1.165) is 25.7 Å². The first kappa shape index (κ1) is 66.2. The summed E-state index contributed by atoms with van der Waals surface area (Å²) in [6.45, 7) is 14.7. The Hall–Kier alpha value is -1.75. The summed E-state index contributed by atoms with van der Waals surface area (Å²) in [5.74, 6) is -0.530. The van der Waals surface area contributed by atoms with Crippen LogP contribution in [0.25, 0.3) is 0 Å². The van der Waals surface area contributed by atoms with Crippen molar-refractivity contribution >= 4 is 5.97 Å². The van der Waals surface area contributed by atoms with E-state index in [1.54, 1.807) is 0 Å². The third-order valence-corrected chi connectivity index (χ3v) is 23.1. The first-order valence-electron chi connectivity index (χ1n) is 30.6. The maximum Gasteiger partial charge on any atom is 0.315 e. The number of aliphatic hydroxyl groups excluding tert-OH is 15. The molecule has 0 aromatic carbocycles. The number of hydrogen-bond donors (Lipinski definition) is 15. The van der Waals surface area contributed by atoms with Gasteiger partial charge < -0.3 is 124 Å². The van der Waals surface area contributed by atoms with Crippen LogP contribution in [-0.2, 0) is 52.2 Å². The zero-order valence-electron chi connectivity index (χ0n) is 49.8. The lowest BCUT2D eigenvalue weighted by molar-refractivity contribution is -0.383. The smallest absolute Gasteiger partial charge is 0.315 e. The van der Waals surface area contributed by atoms with Crippen LogP contribution in [0, 0.1) is 50.2 Å². The molecular formula is C59H96O26. The number of rotatable bonds is 13. The van der Waals surface area contributed by atoms with Gasteiger partial charge in [-0.3, -0.25) is 4.79 Å². The molecule has 5 aliphatic carbocycles. The van der Waals surface area contributed by atoms with E-state index in [-0.39, 0.29) is 45.5 Å². The standard InChI is InChI=1S/C59H96O26/c1-24-34(63)46(83-50-44(73)41(70)37(66)29(22-62)80-50)45(74)51(77-24)84-47-38(67)30(81-48-42(71)39(68)35(64)27(20-60)78-48)23-76-52(47)85-53(75)59-17-15-54(2,3)19-26(59)25-9-10-32-56(6)13-12-33(82-49-43(72)40(69)36(65)28(21-61)79-49)55(4,5)31(56)11-14-58(32,8)57(25,7)16-18-59/h9,24,26-52,60-74H,10-23H2,1-8H3. The summed E-state index contributed by atoms with van der Waals surface area (Å²) in [6.07, 6.45) is -31.0. The van der Waals surface area contributed by atoms with Crippen LogP contribution in [0.5, 0.6) is 0 Å². The first-order chi connectivity index (χ1) is 39.8. The second-order valence-electron chi connectivity index (χ2n) is 28.6. The molecule has 85 heavy (non-hydrogen) atoms. The van der Waals surface area contributed by atoms with Crippen molar-refractivity contribution in [3.05, 3.63) is 11.6 Å². The van der Waals surface area contributed by atoms with Crippen LogP contribution in [0.15, 0.2) is 11.6 Å². The van der Waals surface area contributed by atoms with Crippen LogP contribution in [0.3, 0.4) is 0 Å². The maximum atomic E-state index is 15.7. The minimum atomic E-state index is -2.00. The average molecular weight is 1220 g/mol. The summed E-state index contributed by atoms with van der Waals surface area (Å²) in [6, 6.07) is 0. The number of hydrogen-bond acceptors (Lipinski definition) is 26. The number of esters is 1. The Balaban J connectivity index is 0.917. The van der Waals surface area contributed by atoms with Gasteiger partial charge in [-0.1, -0.05) is 60.1 Å². The van der Waals surface area contributed by atoms with Gasteiger partial charge in [0.05, 0.1) is 44.1 Å². The molecule has 0 amide bonds. The molecule has 5 saturated heterocycles. The zero-order chi connectivity index (χ0) is 62.0.